The molecule has 2 rings (SSSR count). The molecule has 0 aliphatic carbocycles. The van der Waals surface area contributed by atoms with E-state index in [0.717, 1.165) is 12.0 Å². The smallest absolute Gasteiger partial charge is 0.231 e. The molecular formula is C13H16N2O3. The average molecular weight is 248 g/mol. The summed E-state index contributed by atoms with van der Waals surface area (Å²) in [5.74, 6) is 2.00. The minimum atomic E-state index is 0.00794. The van der Waals surface area contributed by atoms with E-state index in [4.69, 9.17) is 25.2 Å². The molecule has 1 unspecified atom stereocenters. The standard InChI is InChI=1S/C13H16N2O3/c1-2-10(15)5-9-6-12-13(18-8-17-12)7-11(9)16-4-3-14/h6-7,10H,2,4-5,8,15H2,1H3. The second-order valence-corrected chi connectivity index (χ2v) is 4.13. The summed E-state index contributed by atoms with van der Waals surface area (Å²) in [5.41, 5.74) is 6.90. The molecule has 0 saturated carbocycles. The van der Waals surface area contributed by atoms with Crippen LogP contribution < -0.4 is 19.9 Å². The quantitative estimate of drug-likeness (QED) is 0.856. The molecule has 0 radical (unpaired) electrons. The second kappa shape index (κ2) is 5.61. The Bertz CT molecular complexity index is 468. The van der Waals surface area contributed by atoms with Crippen LogP contribution in [-0.4, -0.2) is 19.4 Å². The van der Waals surface area contributed by atoms with Crippen molar-refractivity contribution >= 4 is 0 Å². The van der Waals surface area contributed by atoms with Crippen molar-refractivity contribution in [2.75, 3.05) is 13.4 Å². The minimum absolute atomic E-state index is 0.00794. The average Bonchev–Trinajstić information content (AvgIpc) is 2.82. The summed E-state index contributed by atoms with van der Waals surface area (Å²) in [6.07, 6.45) is 1.57. The van der Waals surface area contributed by atoms with E-state index in [0.29, 0.717) is 23.7 Å². The number of rotatable bonds is 5. The molecule has 5 heteroatoms. The summed E-state index contributed by atoms with van der Waals surface area (Å²) in [4.78, 5) is 0. The first-order valence-corrected chi connectivity index (χ1v) is 5.92. The topological polar surface area (TPSA) is 77.5 Å². The van der Waals surface area contributed by atoms with Gasteiger partial charge >= 0.3 is 0 Å². The van der Waals surface area contributed by atoms with Gasteiger partial charge in [0.1, 0.15) is 11.8 Å². The van der Waals surface area contributed by atoms with Crippen LogP contribution in [0.25, 0.3) is 0 Å². The minimum Gasteiger partial charge on any atom is -0.478 e. The third-order valence-corrected chi connectivity index (χ3v) is 2.85. The molecular weight excluding hydrogens is 232 g/mol. The summed E-state index contributed by atoms with van der Waals surface area (Å²) in [6, 6.07) is 5.66. The van der Waals surface area contributed by atoms with Gasteiger partial charge in [-0.05, 0) is 24.5 Å². The molecule has 1 aliphatic rings. The van der Waals surface area contributed by atoms with E-state index >= 15 is 0 Å². The lowest BCUT2D eigenvalue weighted by Crippen LogP contribution is -2.21. The Morgan fingerprint density at radius 3 is 2.83 bits per heavy atom. The fourth-order valence-corrected chi connectivity index (χ4v) is 1.80. The summed E-state index contributed by atoms with van der Waals surface area (Å²) in [5, 5.41) is 8.58. The Hall–Kier alpha value is -1.93. The zero-order chi connectivity index (χ0) is 13.0. The normalized spacial score (nSPS) is 14.1. The highest BCUT2D eigenvalue weighted by atomic mass is 16.7. The van der Waals surface area contributed by atoms with Crippen LogP contribution in [0.1, 0.15) is 18.9 Å². The van der Waals surface area contributed by atoms with E-state index in [1.54, 1.807) is 6.07 Å². The van der Waals surface area contributed by atoms with E-state index in [1.165, 1.54) is 0 Å². The van der Waals surface area contributed by atoms with E-state index in [9.17, 15) is 0 Å². The largest absolute Gasteiger partial charge is 0.478 e. The Morgan fingerprint density at radius 2 is 2.17 bits per heavy atom. The number of nitrogens with zero attached hydrogens (tertiary/aromatic N) is 1. The molecule has 0 aromatic heterocycles. The van der Waals surface area contributed by atoms with Crippen LogP contribution in [0.3, 0.4) is 0 Å². The molecule has 18 heavy (non-hydrogen) atoms. The SMILES string of the molecule is CCC(N)Cc1cc2c(cc1OCC#N)OCO2. The van der Waals surface area contributed by atoms with E-state index in [2.05, 4.69) is 0 Å². The van der Waals surface area contributed by atoms with Gasteiger partial charge in [0.15, 0.2) is 18.1 Å². The summed E-state index contributed by atoms with van der Waals surface area (Å²) in [6.45, 7) is 2.26. The molecule has 0 bridgehead atoms. The molecule has 0 spiro atoms. The number of benzene rings is 1. The van der Waals surface area contributed by atoms with Crippen molar-refractivity contribution in [3.05, 3.63) is 17.7 Å². The highest BCUT2D eigenvalue weighted by molar-refractivity contribution is 5.52. The van der Waals surface area contributed by atoms with Gasteiger partial charge in [-0.2, -0.15) is 5.26 Å². The molecule has 1 aromatic carbocycles. The van der Waals surface area contributed by atoms with Crippen LogP contribution in [-0.2, 0) is 6.42 Å². The zero-order valence-corrected chi connectivity index (χ0v) is 10.3. The molecule has 1 aromatic rings. The number of nitriles is 1. The molecule has 0 amide bonds. The van der Waals surface area contributed by atoms with Gasteiger partial charge in [0, 0.05) is 12.1 Å². The van der Waals surface area contributed by atoms with E-state index in [-0.39, 0.29) is 19.4 Å². The maximum absolute atomic E-state index is 8.58. The molecule has 0 fully saturated rings. The Balaban J connectivity index is 2.26. The molecule has 5 nitrogen and oxygen atoms in total. The van der Waals surface area contributed by atoms with Gasteiger partial charge in [0.05, 0.1) is 0 Å². The molecule has 96 valence electrons. The van der Waals surface area contributed by atoms with Crippen molar-refractivity contribution in [1.82, 2.24) is 0 Å². The van der Waals surface area contributed by atoms with Crippen LogP contribution in [0.4, 0.5) is 0 Å². The lowest BCUT2D eigenvalue weighted by molar-refractivity contribution is 0.174. The maximum atomic E-state index is 8.58. The number of ether oxygens (including phenoxy) is 3. The van der Waals surface area contributed by atoms with Gasteiger partial charge in [0.25, 0.3) is 0 Å². The highest BCUT2D eigenvalue weighted by Gasteiger charge is 2.19. The fourth-order valence-electron chi connectivity index (χ4n) is 1.80. The summed E-state index contributed by atoms with van der Waals surface area (Å²) >= 11 is 0. The van der Waals surface area contributed by atoms with Crippen LogP contribution in [0.2, 0.25) is 0 Å². The molecule has 1 aliphatic heterocycles. The van der Waals surface area contributed by atoms with Gasteiger partial charge < -0.3 is 19.9 Å². The van der Waals surface area contributed by atoms with Crippen LogP contribution in [0.15, 0.2) is 12.1 Å². The third-order valence-electron chi connectivity index (χ3n) is 2.85. The highest BCUT2D eigenvalue weighted by Crippen LogP contribution is 2.38. The van der Waals surface area contributed by atoms with Gasteiger partial charge in [-0.1, -0.05) is 6.92 Å². The van der Waals surface area contributed by atoms with Gasteiger partial charge in [-0.3, -0.25) is 0 Å². The van der Waals surface area contributed by atoms with Crippen LogP contribution in [0, 0.1) is 11.3 Å². The van der Waals surface area contributed by atoms with Gasteiger partial charge in [0.2, 0.25) is 6.79 Å². The molecule has 1 heterocycles. The molecule has 1 atom stereocenters. The number of nitrogens with two attached hydrogens (primary N) is 1. The van der Waals surface area contributed by atoms with E-state index < -0.39 is 0 Å². The first-order chi connectivity index (χ1) is 8.74. The monoisotopic (exact) mass is 248 g/mol. The van der Waals surface area contributed by atoms with Gasteiger partial charge in [-0.25, -0.2) is 0 Å². The Labute approximate surface area is 106 Å². The lowest BCUT2D eigenvalue weighted by atomic mass is 10.0. The van der Waals surface area contributed by atoms with Crippen molar-refractivity contribution in [3.8, 4) is 23.3 Å². The van der Waals surface area contributed by atoms with Gasteiger partial charge in [-0.15, -0.1) is 0 Å². The summed E-state index contributed by atoms with van der Waals surface area (Å²) in [7, 11) is 0. The van der Waals surface area contributed by atoms with E-state index in [1.807, 2.05) is 19.1 Å². The molecule has 0 saturated heterocycles. The third kappa shape index (κ3) is 2.66. The number of fused-ring (bicyclic) bond motifs is 1. The Kier molecular flexibility index (Phi) is 3.90. The van der Waals surface area contributed by atoms with Crippen LogP contribution in [0.5, 0.6) is 17.2 Å². The zero-order valence-electron chi connectivity index (χ0n) is 10.3. The van der Waals surface area contributed by atoms with Crippen molar-refractivity contribution < 1.29 is 14.2 Å². The maximum Gasteiger partial charge on any atom is 0.231 e. The lowest BCUT2D eigenvalue weighted by Gasteiger charge is -2.14. The van der Waals surface area contributed by atoms with Crippen molar-refractivity contribution in [3.63, 3.8) is 0 Å². The van der Waals surface area contributed by atoms with Crippen molar-refractivity contribution in [2.45, 2.75) is 25.8 Å². The van der Waals surface area contributed by atoms with Crippen LogP contribution >= 0.6 is 0 Å². The first-order valence-electron chi connectivity index (χ1n) is 5.92. The first kappa shape index (κ1) is 12.5. The second-order valence-electron chi connectivity index (χ2n) is 4.13. The predicted molar refractivity (Wildman–Crippen MR) is 65.6 cm³/mol. The molecule has 2 N–H and O–H groups in total. The van der Waals surface area contributed by atoms with Crippen molar-refractivity contribution in [2.24, 2.45) is 5.73 Å². The predicted octanol–water partition coefficient (Wildman–Crippen LogP) is 1.60. The number of hydrogen-bond acceptors (Lipinski definition) is 5. The van der Waals surface area contributed by atoms with Crippen molar-refractivity contribution in [1.29, 1.82) is 5.26 Å². The summed E-state index contributed by atoms with van der Waals surface area (Å²) < 4.78 is 16.0. The fraction of sp³-hybridized carbons (Fsp3) is 0.462. The Morgan fingerprint density at radius 1 is 1.44 bits per heavy atom. The number of hydrogen-bond donors (Lipinski definition) is 1.